The smallest absolute Gasteiger partial charge is 0.243 e. The van der Waals surface area contributed by atoms with Gasteiger partial charge in [-0.05, 0) is 51.7 Å². The topological polar surface area (TPSA) is 75.9 Å². The lowest BCUT2D eigenvalue weighted by molar-refractivity contribution is 0.186. The monoisotopic (exact) mass is 497 g/mol. The number of ether oxygens (including phenoxy) is 1. The molecule has 0 aliphatic carbocycles. The fourth-order valence-electron chi connectivity index (χ4n) is 4.60. The summed E-state index contributed by atoms with van der Waals surface area (Å²) in [6.45, 7) is 5.98. The van der Waals surface area contributed by atoms with Gasteiger partial charge in [0.05, 0.1) is 10.5 Å². The molecule has 0 bridgehead atoms. The second kappa shape index (κ2) is 11.4. The Morgan fingerprint density at radius 1 is 1.11 bits per heavy atom. The van der Waals surface area contributed by atoms with Gasteiger partial charge in [0, 0.05) is 45.0 Å². The average molecular weight is 498 g/mol. The van der Waals surface area contributed by atoms with Crippen LogP contribution in [0.4, 0.5) is 5.88 Å². The molecule has 1 fully saturated rings. The lowest BCUT2D eigenvalue weighted by Crippen LogP contribution is -2.38. The number of anilines is 1. The van der Waals surface area contributed by atoms with E-state index >= 15 is 0 Å². The number of hydrogen-bond donors (Lipinski definition) is 0. The van der Waals surface area contributed by atoms with Gasteiger partial charge in [-0.3, -0.25) is 0 Å². The van der Waals surface area contributed by atoms with Gasteiger partial charge >= 0.3 is 0 Å². The van der Waals surface area contributed by atoms with Crippen molar-refractivity contribution in [3.63, 3.8) is 0 Å². The van der Waals surface area contributed by atoms with E-state index < -0.39 is 10.0 Å². The lowest BCUT2D eigenvalue weighted by atomic mass is 10.0. The average Bonchev–Trinajstić information content (AvgIpc) is 3.28. The largest absolute Gasteiger partial charge is 0.385 e. The summed E-state index contributed by atoms with van der Waals surface area (Å²) in [6.07, 6.45) is 3.91. The standard InChI is InChI=1S/C27H35N3O4S/c1-21-13-15-24(16-14-21)35(31,32)29(17-9-19-33-3)20-25-26(23-11-5-4-6-12-23)28-34-27(25)30-18-8-7-10-22(30)2/h4-6,11-16,22H,7-10,17-20H2,1-3H3. The molecule has 1 atom stereocenters. The number of aromatic nitrogens is 1. The Balaban J connectivity index is 1.77. The molecular formula is C27H35N3O4S. The van der Waals surface area contributed by atoms with Crippen LogP contribution in [0.3, 0.4) is 0 Å². The number of methoxy groups -OCH3 is 1. The van der Waals surface area contributed by atoms with E-state index in [4.69, 9.17) is 9.26 Å². The van der Waals surface area contributed by atoms with Gasteiger partial charge in [-0.25, -0.2) is 8.42 Å². The van der Waals surface area contributed by atoms with Crippen LogP contribution in [0.1, 0.15) is 43.7 Å². The number of hydrogen-bond acceptors (Lipinski definition) is 6. The predicted octanol–water partition coefficient (Wildman–Crippen LogP) is 5.26. The zero-order valence-corrected chi connectivity index (χ0v) is 21.6. The van der Waals surface area contributed by atoms with E-state index in [0.717, 1.165) is 36.1 Å². The van der Waals surface area contributed by atoms with Crippen LogP contribution in [0.15, 0.2) is 64.0 Å². The zero-order chi connectivity index (χ0) is 24.8. The maximum atomic E-state index is 13.8. The summed E-state index contributed by atoms with van der Waals surface area (Å²) in [5.41, 5.74) is 3.42. The van der Waals surface area contributed by atoms with Crippen LogP contribution in [0.25, 0.3) is 11.3 Å². The zero-order valence-electron chi connectivity index (χ0n) is 20.8. The molecule has 4 rings (SSSR count). The van der Waals surface area contributed by atoms with Gasteiger partial charge in [-0.1, -0.05) is 53.2 Å². The van der Waals surface area contributed by atoms with Crippen molar-refractivity contribution in [3.05, 3.63) is 65.7 Å². The highest BCUT2D eigenvalue weighted by atomic mass is 32.2. The van der Waals surface area contributed by atoms with Crippen molar-refractivity contribution in [2.45, 2.75) is 57.0 Å². The molecule has 1 unspecified atom stereocenters. The first-order chi connectivity index (χ1) is 16.9. The summed E-state index contributed by atoms with van der Waals surface area (Å²) < 4.78 is 40.3. The summed E-state index contributed by atoms with van der Waals surface area (Å²) in [4.78, 5) is 2.52. The Kier molecular flexibility index (Phi) is 8.26. The molecule has 1 aliphatic rings. The molecule has 1 aliphatic heterocycles. The number of benzene rings is 2. The van der Waals surface area contributed by atoms with Crippen molar-refractivity contribution in [3.8, 4) is 11.3 Å². The van der Waals surface area contributed by atoms with E-state index in [0.29, 0.717) is 37.2 Å². The van der Waals surface area contributed by atoms with Crippen molar-refractivity contribution < 1.29 is 17.7 Å². The number of piperidine rings is 1. The number of rotatable bonds is 10. The molecule has 0 saturated carbocycles. The molecular weight excluding hydrogens is 462 g/mol. The van der Waals surface area contributed by atoms with Crippen LogP contribution in [-0.4, -0.2) is 50.7 Å². The third-order valence-electron chi connectivity index (χ3n) is 6.63. The van der Waals surface area contributed by atoms with Crippen molar-refractivity contribution in [2.24, 2.45) is 0 Å². The molecule has 2 heterocycles. The Morgan fingerprint density at radius 3 is 2.54 bits per heavy atom. The molecule has 35 heavy (non-hydrogen) atoms. The van der Waals surface area contributed by atoms with E-state index in [1.807, 2.05) is 49.4 Å². The highest BCUT2D eigenvalue weighted by Crippen LogP contribution is 2.36. The molecule has 0 amide bonds. The number of aryl methyl sites for hydroxylation is 1. The molecule has 0 spiro atoms. The Labute approximate surface area is 208 Å². The Hall–Kier alpha value is -2.68. The first-order valence-electron chi connectivity index (χ1n) is 12.3. The van der Waals surface area contributed by atoms with Gasteiger partial charge in [0.1, 0.15) is 5.69 Å². The fraction of sp³-hybridized carbons (Fsp3) is 0.444. The van der Waals surface area contributed by atoms with Crippen molar-refractivity contribution in [1.82, 2.24) is 9.46 Å². The van der Waals surface area contributed by atoms with Crippen LogP contribution in [0.5, 0.6) is 0 Å². The summed E-state index contributed by atoms with van der Waals surface area (Å²) in [7, 11) is -2.12. The van der Waals surface area contributed by atoms with E-state index in [1.54, 1.807) is 19.2 Å². The molecule has 1 saturated heterocycles. The van der Waals surface area contributed by atoms with E-state index in [-0.39, 0.29) is 11.4 Å². The SMILES string of the molecule is COCCCN(Cc1c(-c2ccccc2)noc1N1CCCCC1C)S(=O)(=O)c1ccc(C)cc1. The predicted molar refractivity (Wildman–Crippen MR) is 138 cm³/mol. The third-order valence-corrected chi connectivity index (χ3v) is 8.49. The minimum absolute atomic E-state index is 0.173. The van der Waals surface area contributed by atoms with Crippen LogP contribution >= 0.6 is 0 Å². The minimum atomic E-state index is -3.74. The minimum Gasteiger partial charge on any atom is -0.385 e. The normalized spacial score (nSPS) is 16.7. The highest BCUT2D eigenvalue weighted by Gasteiger charge is 2.32. The molecule has 1 aromatic heterocycles. The molecule has 2 aromatic carbocycles. The van der Waals surface area contributed by atoms with Crippen molar-refractivity contribution in [2.75, 3.05) is 31.7 Å². The van der Waals surface area contributed by atoms with E-state index in [2.05, 4.69) is 17.0 Å². The van der Waals surface area contributed by atoms with Crippen molar-refractivity contribution in [1.29, 1.82) is 0 Å². The molecule has 0 radical (unpaired) electrons. The van der Waals surface area contributed by atoms with Crippen molar-refractivity contribution >= 4 is 15.9 Å². The van der Waals surface area contributed by atoms with Crippen LogP contribution in [-0.2, 0) is 21.3 Å². The second-order valence-corrected chi connectivity index (χ2v) is 11.2. The van der Waals surface area contributed by atoms with E-state index in [1.165, 1.54) is 10.7 Å². The fourth-order valence-corrected chi connectivity index (χ4v) is 6.04. The van der Waals surface area contributed by atoms with Crippen LogP contribution in [0, 0.1) is 6.92 Å². The van der Waals surface area contributed by atoms with Gasteiger partial charge in [-0.2, -0.15) is 4.31 Å². The highest BCUT2D eigenvalue weighted by molar-refractivity contribution is 7.89. The molecule has 0 N–H and O–H groups in total. The molecule has 7 nitrogen and oxygen atoms in total. The number of nitrogens with zero attached hydrogens (tertiary/aromatic N) is 3. The Bertz CT molecular complexity index is 1190. The third kappa shape index (κ3) is 5.77. The van der Waals surface area contributed by atoms with Gasteiger partial charge in [0.25, 0.3) is 0 Å². The maximum absolute atomic E-state index is 13.8. The maximum Gasteiger partial charge on any atom is 0.243 e. The first kappa shape index (κ1) is 25.4. The lowest BCUT2D eigenvalue weighted by Gasteiger charge is -2.34. The van der Waals surface area contributed by atoms with Gasteiger partial charge < -0.3 is 14.2 Å². The molecule has 8 heteroatoms. The molecule has 3 aromatic rings. The van der Waals surface area contributed by atoms with E-state index in [9.17, 15) is 8.42 Å². The summed E-state index contributed by atoms with van der Waals surface area (Å²) in [6, 6.07) is 17.1. The van der Waals surface area contributed by atoms with Gasteiger partial charge in [0.2, 0.25) is 15.9 Å². The first-order valence-corrected chi connectivity index (χ1v) is 13.7. The summed E-state index contributed by atoms with van der Waals surface area (Å²) in [5, 5.41) is 4.45. The van der Waals surface area contributed by atoms with Crippen LogP contribution in [0.2, 0.25) is 0 Å². The second-order valence-electron chi connectivity index (χ2n) is 9.22. The molecule has 188 valence electrons. The van der Waals surface area contributed by atoms with Gasteiger partial charge in [-0.15, -0.1) is 0 Å². The Morgan fingerprint density at radius 2 is 1.86 bits per heavy atom. The number of sulfonamides is 1. The van der Waals surface area contributed by atoms with Gasteiger partial charge in [0.15, 0.2) is 0 Å². The van der Waals surface area contributed by atoms with Crippen LogP contribution < -0.4 is 4.90 Å². The quantitative estimate of drug-likeness (QED) is 0.356. The summed E-state index contributed by atoms with van der Waals surface area (Å²) >= 11 is 0. The summed E-state index contributed by atoms with van der Waals surface area (Å²) in [5.74, 6) is 0.673.